The summed E-state index contributed by atoms with van der Waals surface area (Å²) in [5, 5.41) is 2.86. The zero-order chi connectivity index (χ0) is 21.6. The normalized spacial score (nSPS) is 12.1. The van der Waals surface area contributed by atoms with Crippen molar-refractivity contribution in [3.8, 4) is 0 Å². The topological polar surface area (TPSA) is 92.8 Å². The number of anilines is 2. The molecule has 0 saturated carbocycles. The first-order valence-electron chi connectivity index (χ1n) is 9.01. The van der Waals surface area contributed by atoms with Gasteiger partial charge in [-0.2, -0.15) is 0 Å². The van der Waals surface area contributed by atoms with Crippen molar-refractivity contribution < 1.29 is 22.7 Å². The van der Waals surface area contributed by atoms with Crippen LogP contribution in [0.4, 0.5) is 11.4 Å². The first-order chi connectivity index (χ1) is 13.7. The molecule has 0 aliphatic heterocycles. The van der Waals surface area contributed by atoms with Gasteiger partial charge >= 0.3 is 5.97 Å². The first-order valence-corrected chi connectivity index (χ1v) is 11.2. The van der Waals surface area contributed by atoms with E-state index in [-0.39, 0.29) is 23.6 Å². The van der Waals surface area contributed by atoms with Gasteiger partial charge in [0.1, 0.15) is 6.04 Å². The van der Waals surface area contributed by atoms with Crippen molar-refractivity contribution in [2.75, 3.05) is 22.5 Å². The Morgan fingerprint density at radius 2 is 1.79 bits per heavy atom. The van der Waals surface area contributed by atoms with E-state index in [0.29, 0.717) is 11.4 Å². The molecule has 0 spiro atoms. The van der Waals surface area contributed by atoms with Gasteiger partial charge in [-0.25, -0.2) is 13.2 Å². The zero-order valence-corrected chi connectivity index (χ0v) is 18.0. The summed E-state index contributed by atoms with van der Waals surface area (Å²) < 4.78 is 30.9. The average Bonchev–Trinajstić information content (AvgIpc) is 2.67. The molecule has 2 aromatic carbocycles. The summed E-state index contributed by atoms with van der Waals surface area (Å²) in [6.07, 6.45) is 1.29. The zero-order valence-electron chi connectivity index (χ0n) is 16.4. The summed E-state index contributed by atoms with van der Waals surface area (Å²) in [6.45, 7) is 3.58. The van der Waals surface area contributed by atoms with Crippen LogP contribution in [0.5, 0.6) is 0 Å². The third-order valence-electron chi connectivity index (χ3n) is 4.07. The van der Waals surface area contributed by atoms with Crippen LogP contribution in [0.1, 0.15) is 30.6 Å². The van der Waals surface area contributed by atoms with Crippen LogP contribution in [-0.4, -0.2) is 39.2 Å². The third kappa shape index (κ3) is 5.71. The predicted molar refractivity (Wildman–Crippen MR) is 114 cm³/mol. The molecule has 156 valence electrons. The molecule has 0 bridgehead atoms. The molecule has 29 heavy (non-hydrogen) atoms. The van der Waals surface area contributed by atoms with Crippen molar-refractivity contribution in [1.82, 2.24) is 0 Å². The lowest BCUT2D eigenvalue weighted by Gasteiger charge is -2.30. The molecule has 1 amide bonds. The smallest absolute Gasteiger partial charge is 0.339 e. The maximum atomic E-state index is 12.9. The minimum absolute atomic E-state index is 0.113. The van der Waals surface area contributed by atoms with Gasteiger partial charge in [0.2, 0.25) is 15.9 Å². The number of hydrogen-bond donors (Lipinski definition) is 1. The average molecular weight is 439 g/mol. The summed E-state index contributed by atoms with van der Waals surface area (Å²) >= 11 is 6.04. The summed E-state index contributed by atoms with van der Waals surface area (Å²) in [5.74, 6) is -1.14. The molecule has 0 fully saturated rings. The Labute approximate surface area is 175 Å². The Balaban J connectivity index is 2.34. The van der Waals surface area contributed by atoms with Gasteiger partial charge in [-0.05, 0) is 43.7 Å². The number of esters is 1. The highest BCUT2D eigenvalue weighted by Gasteiger charge is 2.31. The molecule has 9 heteroatoms. The molecule has 2 aromatic rings. The van der Waals surface area contributed by atoms with Gasteiger partial charge in [0, 0.05) is 5.69 Å². The summed E-state index contributed by atoms with van der Waals surface area (Å²) in [4.78, 5) is 24.9. The summed E-state index contributed by atoms with van der Waals surface area (Å²) in [7, 11) is -3.72. The highest BCUT2D eigenvalue weighted by molar-refractivity contribution is 7.92. The Hall–Kier alpha value is -2.58. The van der Waals surface area contributed by atoms with Gasteiger partial charge in [-0.1, -0.05) is 36.7 Å². The fourth-order valence-corrected chi connectivity index (χ4v) is 4.24. The SMILES string of the molecule is CCOC(=O)c1cc(NC(=O)[C@H](CC)N(c2ccccc2)S(C)(=O)=O)ccc1Cl. The summed E-state index contributed by atoms with van der Waals surface area (Å²) in [6, 6.07) is 11.8. The number of amides is 1. The number of carbonyl (C=O) groups excluding carboxylic acids is 2. The largest absolute Gasteiger partial charge is 0.462 e. The molecular formula is C20H23ClN2O5S. The van der Waals surface area contributed by atoms with E-state index in [1.54, 1.807) is 44.2 Å². The second kappa shape index (κ2) is 9.76. The van der Waals surface area contributed by atoms with Crippen molar-refractivity contribution in [2.24, 2.45) is 0 Å². The molecule has 7 nitrogen and oxygen atoms in total. The number of para-hydroxylation sites is 1. The van der Waals surface area contributed by atoms with Crippen molar-refractivity contribution in [1.29, 1.82) is 0 Å². The molecule has 0 aromatic heterocycles. The van der Waals surface area contributed by atoms with Crippen LogP contribution in [0.15, 0.2) is 48.5 Å². The maximum Gasteiger partial charge on any atom is 0.339 e. The standard InChI is InChI=1S/C20H23ClN2O5S/c1-4-18(23(29(3,26)27)15-9-7-6-8-10-15)19(24)22-14-11-12-17(21)16(13-14)20(25)28-5-2/h6-13,18H,4-5H2,1-3H3,(H,22,24)/t18-/m0/s1. The van der Waals surface area contributed by atoms with Crippen molar-refractivity contribution in [2.45, 2.75) is 26.3 Å². The van der Waals surface area contributed by atoms with Crippen molar-refractivity contribution >= 4 is 44.9 Å². The minimum Gasteiger partial charge on any atom is -0.462 e. The van der Waals surface area contributed by atoms with E-state index in [9.17, 15) is 18.0 Å². The summed E-state index contributed by atoms with van der Waals surface area (Å²) in [5.41, 5.74) is 0.810. The van der Waals surface area contributed by atoms with Crippen LogP contribution in [0.25, 0.3) is 0 Å². The van der Waals surface area contributed by atoms with E-state index in [1.807, 2.05) is 0 Å². The van der Waals surface area contributed by atoms with Gasteiger partial charge in [0.05, 0.1) is 29.1 Å². The highest BCUT2D eigenvalue weighted by Crippen LogP contribution is 2.25. The van der Waals surface area contributed by atoms with Crippen molar-refractivity contribution in [3.63, 3.8) is 0 Å². The fourth-order valence-electron chi connectivity index (χ4n) is 2.83. The van der Waals surface area contributed by atoms with Gasteiger partial charge in [0.15, 0.2) is 0 Å². The fraction of sp³-hybridized carbons (Fsp3) is 0.300. The number of carbonyl (C=O) groups is 2. The monoisotopic (exact) mass is 438 g/mol. The van der Waals surface area contributed by atoms with Gasteiger partial charge in [0.25, 0.3) is 0 Å². The van der Waals surface area contributed by atoms with E-state index in [4.69, 9.17) is 16.3 Å². The van der Waals surface area contributed by atoms with Crippen LogP contribution in [0.3, 0.4) is 0 Å². The molecule has 1 atom stereocenters. The van der Waals surface area contributed by atoms with Crippen LogP contribution in [-0.2, 0) is 19.6 Å². The number of hydrogen-bond acceptors (Lipinski definition) is 5. The Bertz CT molecular complexity index is 980. The molecule has 1 N–H and O–H groups in total. The molecular weight excluding hydrogens is 416 g/mol. The number of sulfonamides is 1. The van der Waals surface area contributed by atoms with E-state index in [1.165, 1.54) is 18.2 Å². The Kier molecular flexibility index (Phi) is 7.64. The number of halogens is 1. The van der Waals surface area contributed by atoms with E-state index in [2.05, 4.69) is 5.32 Å². The number of nitrogens with zero attached hydrogens (tertiary/aromatic N) is 1. The van der Waals surface area contributed by atoms with Crippen LogP contribution in [0.2, 0.25) is 5.02 Å². The Morgan fingerprint density at radius 1 is 1.14 bits per heavy atom. The number of nitrogens with one attached hydrogen (secondary N) is 1. The second-order valence-corrected chi connectivity index (χ2v) is 8.49. The molecule has 0 heterocycles. The van der Waals surface area contributed by atoms with E-state index >= 15 is 0 Å². The molecule has 0 aliphatic carbocycles. The lowest BCUT2D eigenvalue weighted by atomic mass is 10.1. The van der Waals surface area contributed by atoms with Crippen LogP contribution >= 0.6 is 11.6 Å². The minimum atomic E-state index is -3.72. The lowest BCUT2D eigenvalue weighted by Crippen LogP contribution is -2.47. The number of ether oxygens (including phenoxy) is 1. The van der Waals surface area contributed by atoms with Gasteiger partial charge < -0.3 is 10.1 Å². The maximum absolute atomic E-state index is 12.9. The predicted octanol–water partition coefficient (Wildman–Crippen LogP) is 3.70. The highest BCUT2D eigenvalue weighted by atomic mass is 35.5. The van der Waals surface area contributed by atoms with Crippen LogP contribution in [0, 0.1) is 0 Å². The number of rotatable bonds is 8. The molecule has 0 aliphatic rings. The quantitative estimate of drug-likeness (QED) is 0.634. The van der Waals surface area contributed by atoms with Crippen LogP contribution < -0.4 is 9.62 Å². The first kappa shape index (κ1) is 22.7. The molecule has 0 radical (unpaired) electrons. The van der Waals surface area contributed by atoms with Gasteiger partial charge in [-0.15, -0.1) is 0 Å². The number of benzene rings is 2. The lowest BCUT2D eigenvalue weighted by molar-refractivity contribution is -0.117. The molecule has 0 saturated heterocycles. The van der Waals surface area contributed by atoms with Crippen molar-refractivity contribution in [3.05, 3.63) is 59.1 Å². The van der Waals surface area contributed by atoms with E-state index < -0.39 is 27.9 Å². The molecule has 0 unspecified atom stereocenters. The van der Waals surface area contributed by atoms with Gasteiger partial charge in [-0.3, -0.25) is 9.10 Å². The van der Waals surface area contributed by atoms with E-state index in [0.717, 1.165) is 10.6 Å². The Morgan fingerprint density at radius 3 is 2.34 bits per heavy atom. The third-order valence-corrected chi connectivity index (χ3v) is 5.58. The second-order valence-electron chi connectivity index (χ2n) is 6.22. The molecule has 2 rings (SSSR count).